The van der Waals surface area contributed by atoms with Gasteiger partial charge in [-0.25, -0.2) is 4.79 Å². The van der Waals surface area contributed by atoms with E-state index < -0.39 is 5.97 Å². The summed E-state index contributed by atoms with van der Waals surface area (Å²) in [6.07, 6.45) is 1.45. The number of hydrogen-bond acceptors (Lipinski definition) is 3. The minimum atomic E-state index is -0.963. The van der Waals surface area contributed by atoms with Gasteiger partial charge in [0, 0.05) is 20.0 Å². The van der Waals surface area contributed by atoms with Crippen molar-refractivity contribution in [2.45, 2.75) is 19.3 Å². The molecule has 25 heavy (non-hydrogen) atoms. The third-order valence-electron chi connectivity index (χ3n) is 3.93. The van der Waals surface area contributed by atoms with Crippen LogP contribution < -0.4 is 4.74 Å². The quantitative estimate of drug-likeness (QED) is 0.711. The Morgan fingerprint density at radius 3 is 2.44 bits per heavy atom. The minimum Gasteiger partial charge on any atom is -0.494 e. The predicted molar refractivity (Wildman–Crippen MR) is 95.9 cm³/mol. The Morgan fingerprint density at radius 2 is 1.72 bits per heavy atom. The summed E-state index contributed by atoms with van der Waals surface area (Å²) in [6, 6.07) is 16.4. The molecule has 0 fully saturated rings. The normalized spacial score (nSPS) is 10.3. The second-order valence-corrected chi connectivity index (χ2v) is 5.79. The number of carbonyl (C=O) groups excluding carboxylic acids is 1. The van der Waals surface area contributed by atoms with Crippen molar-refractivity contribution >= 4 is 11.9 Å². The van der Waals surface area contributed by atoms with Crippen molar-refractivity contribution in [1.82, 2.24) is 4.90 Å². The molecular weight excluding hydrogens is 318 g/mol. The zero-order chi connectivity index (χ0) is 18.1. The molecule has 132 valence electrons. The topological polar surface area (TPSA) is 66.8 Å². The summed E-state index contributed by atoms with van der Waals surface area (Å²) >= 11 is 0. The first-order valence-electron chi connectivity index (χ1n) is 8.31. The molecule has 1 N–H and O–H groups in total. The van der Waals surface area contributed by atoms with Crippen LogP contribution in [0.2, 0.25) is 0 Å². The van der Waals surface area contributed by atoms with E-state index in [0.717, 1.165) is 12.2 Å². The molecule has 0 aliphatic rings. The molecule has 2 aromatic carbocycles. The summed E-state index contributed by atoms with van der Waals surface area (Å²) in [6.45, 7) is 1.15. The van der Waals surface area contributed by atoms with Crippen molar-refractivity contribution in [3.63, 3.8) is 0 Å². The standard InChI is InChI=1S/C20H23NO4/c1-21(14-7-15-25-17-9-3-2-4-10-17)19(22)13-12-16-8-5-6-11-18(16)20(23)24/h2-6,8-11H,7,12-15H2,1H3,(H,23,24). The van der Waals surface area contributed by atoms with E-state index >= 15 is 0 Å². The highest BCUT2D eigenvalue weighted by atomic mass is 16.5. The van der Waals surface area contributed by atoms with E-state index in [-0.39, 0.29) is 11.5 Å². The summed E-state index contributed by atoms with van der Waals surface area (Å²) in [5.74, 6) is -0.142. The lowest BCUT2D eigenvalue weighted by molar-refractivity contribution is -0.129. The molecule has 0 spiro atoms. The fraction of sp³-hybridized carbons (Fsp3) is 0.300. The van der Waals surface area contributed by atoms with E-state index in [9.17, 15) is 9.59 Å². The first-order chi connectivity index (χ1) is 12.1. The summed E-state index contributed by atoms with van der Waals surface area (Å²) in [5.41, 5.74) is 0.943. The zero-order valence-corrected chi connectivity index (χ0v) is 14.4. The lowest BCUT2D eigenvalue weighted by atomic mass is 10.0. The highest BCUT2D eigenvalue weighted by Gasteiger charge is 2.13. The van der Waals surface area contributed by atoms with Crippen LogP contribution in [0.25, 0.3) is 0 Å². The molecule has 0 aromatic heterocycles. The zero-order valence-electron chi connectivity index (χ0n) is 14.4. The number of aromatic carboxylic acids is 1. The van der Waals surface area contributed by atoms with E-state index in [2.05, 4.69) is 0 Å². The minimum absolute atomic E-state index is 0.0000899. The van der Waals surface area contributed by atoms with Crippen LogP contribution in [0.4, 0.5) is 0 Å². The Balaban J connectivity index is 1.72. The van der Waals surface area contributed by atoms with Gasteiger partial charge in [0.25, 0.3) is 0 Å². The summed E-state index contributed by atoms with van der Waals surface area (Å²) in [4.78, 5) is 25.0. The second-order valence-electron chi connectivity index (χ2n) is 5.79. The van der Waals surface area contributed by atoms with Crippen LogP contribution in [0.1, 0.15) is 28.8 Å². The van der Waals surface area contributed by atoms with Crippen molar-refractivity contribution in [2.75, 3.05) is 20.2 Å². The van der Waals surface area contributed by atoms with Gasteiger partial charge in [0.1, 0.15) is 5.75 Å². The van der Waals surface area contributed by atoms with Crippen LogP contribution in [0, 0.1) is 0 Å². The fourth-order valence-electron chi connectivity index (χ4n) is 2.51. The molecule has 5 nitrogen and oxygen atoms in total. The van der Waals surface area contributed by atoms with Crippen LogP contribution in [-0.4, -0.2) is 42.1 Å². The maximum atomic E-state index is 12.2. The Hall–Kier alpha value is -2.82. The smallest absolute Gasteiger partial charge is 0.335 e. The Morgan fingerprint density at radius 1 is 1.04 bits per heavy atom. The Bertz CT molecular complexity index is 700. The number of rotatable bonds is 9. The number of carbonyl (C=O) groups is 2. The molecule has 0 aliphatic heterocycles. The lowest BCUT2D eigenvalue weighted by Gasteiger charge is -2.17. The molecule has 0 unspecified atom stereocenters. The first-order valence-corrected chi connectivity index (χ1v) is 8.31. The maximum Gasteiger partial charge on any atom is 0.335 e. The van der Waals surface area contributed by atoms with Gasteiger partial charge < -0.3 is 14.7 Å². The number of amides is 1. The molecule has 0 atom stereocenters. The average molecular weight is 341 g/mol. The Kier molecular flexibility index (Phi) is 7.01. The van der Waals surface area contributed by atoms with Crippen molar-refractivity contribution in [2.24, 2.45) is 0 Å². The first kappa shape index (κ1) is 18.5. The Labute approximate surface area is 147 Å². The molecule has 0 saturated carbocycles. The molecule has 0 heterocycles. The molecule has 1 amide bonds. The maximum absolute atomic E-state index is 12.2. The molecule has 2 aromatic rings. The van der Waals surface area contributed by atoms with Gasteiger partial charge in [-0.1, -0.05) is 36.4 Å². The van der Waals surface area contributed by atoms with Crippen LogP contribution >= 0.6 is 0 Å². The number of carboxylic acids is 1. The number of nitrogens with zero attached hydrogens (tertiary/aromatic N) is 1. The van der Waals surface area contributed by atoms with E-state index in [1.165, 1.54) is 0 Å². The summed E-state index contributed by atoms with van der Waals surface area (Å²) < 4.78 is 5.60. The highest BCUT2D eigenvalue weighted by molar-refractivity contribution is 5.89. The van der Waals surface area contributed by atoms with Crippen molar-refractivity contribution < 1.29 is 19.4 Å². The SMILES string of the molecule is CN(CCCOc1ccccc1)C(=O)CCc1ccccc1C(=O)O. The van der Waals surface area contributed by atoms with E-state index in [0.29, 0.717) is 31.6 Å². The van der Waals surface area contributed by atoms with Gasteiger partial charge in [-0.05, 0) is 36.6 Å². The van der Waals surface area contributed by atoms with Crippen LogP contribution in [0.5, 0.6) is 5.75 Å². The number of aryl methyl sites for hydroxylation is 1. The van der Waals surface area contributed by atoms with Crippen LogP contribution in [0.15, 0.2) is 54.6 Å². The second kappa shape index (κ2) is 9.47. The fourth-order valence-corrected chi connectivity index (χ4v) is 2.51. The third-order valence-corrected chi connectivity index (χ3v) is 3.93. The molecule has 0 saturated heterocycles. The summed E-state index contributed by atoms with van der Waals surface area (Å²) in [5, 5.41) is 9.17. The van der Waals surface area contributed by atoms with Crippen molar-refractivity contribution in [1.29, 1.82) is 0 Å². The number of carboxylic acid groups (broad SMARTS) is 1. The van der Waals surface area contributed by atoms with Gasteiger partial charge in [0.05, 0.1) is 12.2 Å². The van der Waals surface area contributed by atoms with Gasteiger partial charge in [-0.2, -0.15) is 0 Å². The molecule has 2 rings (SSSR count). The molecule has 0 bridgehead atoms. The number of ether oxygens (including phenoxy) is 1. The van der Waals surface area contributed by atoms with Gasteiger partial charge in [0.2, 0.25) is 5.91 Å². The van der Waals surface area contributed by atoms with E-state index in [1.54, 1.807) is 36.2 Å². The van der Waals surface area contributed by atoms with E-state index in [4.69, 9.17) is 9.84 Å². The van der Waals surface area contributed by atoms with E-state index in [1.807, 2.05) is 30.3 Å². The molecule has 0 aliphatic carbocycles. The molecule has 0 radical (unpaired) electrons. The lowest BCUT2D eigenvalue weighted by Crippen LogP contribution is -2.29. The third kappa shape index (κ3) is 5.95. The number of benzene rings is 2. The van der Waals surface area contributed by atoms with Gasteiger partial charge in [0.15, 0.2) is 0 Å². The van der Waals surface area contributed by atoms with Gasteiger partial charge in [-0.15, -0.1) is 0 Å². The van der Waals surface area contributed by atoms with Crippen LogP contribution in [0.3, 0.4) is 0 Å². The van der Waals surface area contributed by atoms with Gasteiger partial charge >= 0.3 is 5.97 Å². The number of para-hydroxylation sites is 1. The number of hydrogen-bond donors (Lipinski definition) is 1. The predicted octanol–water partition coefficient (Wildman–Crippen LogP) is 3.24. The monoisotopic (exact) mass is 341 g/mol. The largest absolute Gasteiger partial charge is 0.494 e. The van der Waals surface area contributed by atoms with Crippen LogP contribution in [-0.2, 0) is 11.2 Å². The van der Waals surface area contributed by atoms with Gasteiger partial charge in [-0.3, -0.25) is 4.79 Å². The highest BCUT2D eigenvalue weighted by Crippen LogP contribution is 2.12. The molecule has 5 heteroatoms. The molecular formula is C20H23NO4. The summed E-state index contributed by atoms with van der Waals surface area (Å²) in [7, 11) is 1.76. The average Bonchev–Trinajstić information content (AvgIpc) is 2.64. The van der Waals surface area contributed by atoms with Crippen molar-refractivity contribution in [3.05, 3.63) is 65.7 Å². The van der Waals surface area contributed by atoms with Crippen molar-refractivity contribution in [3.8, 4) is 5.75 Å².